The molecular formula is C24H34N6O3. The van der Waals surface area contributed by atoms with Crippen LogP contribution in [-0.2, 0) is 16.0 Å². The van der Waals surface area contributed by atoms with Crippen molar-refractivity contribution < 1.29 is 9.53 Å². The first-order valence-corrected chi connectivity index (χ1v) is 11.8. The number of aromatic amines is 1. The van der Waals surface area contributed by atoms with Crippen LogP contribution in [0, 0.1) is 6.92 Å². The van der Waals surface area contributed by atoms with Gasteiger partial charge in [-0.15, -0.1) is 0 Å². The standard InChI is InChI=1S/C24H34N6O3/c1-19-21(23(32)27-24(26-19)30-15-17-33-18-16-30)7-8-22(31)25-9-10-28-11-13-29(14-12-28)20-5-3-2-4-6-20/h2-6H,7-18H2,1H3,(H,25,31)(H,26,27,32). The molecule has 3 heterocycles. The Hall–Kier alpha value is -2.91. The van der Waals surface area contributed by atoms with Crippen LogP contribution < -0.4 is 20.7 Å². The molecule has 0 atom stereocenters. The van der Waals surface area contributed by atoms with E-state index >= 15 is 0 Å². The van der Waals surface area contributed by atoms with E-state index in [-0.39, 0.29) is 17.9 Å². The highest BCUT2D eigenvalue weighted by atomic mass is 16.5. The molecule has 2 aliphatic heterocycles. The molecule has 0 spiro atoms. The highest BCUT2D eigenvalue weighted by Gasteiger charge is 2.18. The maximum Gasteiger partial charge on any atom is 0.255 e. The molecule has 2 fully saturated rings. The Labute approximate surface area is 194 Å². The highest BCUT2D eigenvalue weighted by molar-refractivity contribution is 5.76. The van der Waals surface area contributed by atoms with Gasteiger partial charge in [0.15, 0.2) is 0 Å². The van der Waals surface area contributed by atoms with E-state index in [0.29, 0.717) is 56.5 Å². The van der Waals surface area contributed by atoms with Crippen LogP contribution in [0.2, 0.25) is 0 Å². The lowest BCUT2D eigenvalue weighted by Gasteiger charge is -2.36. The molecule has 0 radical (unpaired) electrons. The summed E-state index contributed by atoms with van der Waals surface area (Å²) in [4.78, 5) is 39.1. The molecule has 9 heteroatoms. The minimum atomic E-state index is -0.159. The lowest BCUT2D eigenvalue weighted by molar-refractivity contribution is -0.121. The third-order valence-electron chi connectivity index (χ3n) is 6.37. The Morgan fingerprint density at radius 2 is 1.79 bits per heavy atom. The van der Waals surface area contributed by atoms with Crippen LogP contribution in [0.5, 0.6) is 0 Å². The molecule has 1 aromatic heterocycles. The summed E-state index contributed by atoms with van der Waals surface area (Å²) in [6.45, 7) is 9.94. The van der Waals surface area contributed by atoms with E-state index in [1.807, 2.05) is 17.9 Å². The maximum atomic E-state index is 12.6. The van der Waals surface area contributed by atoms with Gasteiger partial charge in [-0.1, -0.05) is 18.2 Å². The number of carbonyl (C=O) groups excluding carboxylic acids is 1. The van der Waals surface area contributed by atoms with Gasteiger partial charge in [-0.25, -0.2) is 4.98 Å². The SMILES string of the molecule is Cc1nc(N2CCOCC2)[nH]c(=O)c1CCC(=O)NCCN1CCN(c2ccccc2)CC1. The number of aromatic nitrogens is 2. The molecule has 2 aromatic rings. The zero-order valence-corrected chi connectivity index (χ0v) is 19.4. The number of morpholine rings is 1. The van der Waals surface area contributed by atoms with Gasteiger partial charge in [-0.2, -0.15) is 0 Å². The van der Waals surface area contributed by atoms with Gasteiger partial charge in [0.05, 0.1) is 13.2 Å². The van der Waals surface area contributed by atoms with Crippen molar-refractivity contribution in [1.29, 1.82) is 0 Å². The zero-order valence-electron chi connectivity index (χ0n) is 19.4. The van der Waals surface area contributed by atoms with E-state index in [0.717, 1.165) is 32.7 Å². The van der Waals surface area contributed by atoms with Crippen molar-refractivity contribution >= 4 is 17.5 Å². The second-order valence-corrected chi connectivity index (χ2v) is 8.57. The number of benzene rings is 1. The molecule has 9 nitrogen and oxygen atoms in total. The fraction of sp³-hybridized carbons (Fsp3) is 0.542. The second-order valence-electron chi connectivity index (χ2n) is 8.57. The number of carbonyl (C=O) groups is 1. The molecule has 2 aliphatic rings. The van der Waals surface area contributed by atoms with Gasteiger partial charge in [-0.05, 0) is 25.5 Å². The molecule has 0 aliphatic carbocycles. The molecular weight excluding hydrogens is 420 g/mol. The second kappa shape index (κ2) is 11.3. The molecule has 0 unspecified atom stereocenters. The molecule has 1 amide bonds. The number of anilines is 2. The molecule has 1 aromatic carbocycles. The van der Waals surface area contributed by atoms with Gasteiger partial charge in [0, 0.05) is 75.7 Å². The monoisotopic (exact) mass is 454 g/mol. The Morgan fingerprint density at radius 3 is 2.48 bits per heavy atom. The average Bonchev–Trinajstić information content (AvgIpc) is 2.85. The minimum Gasteiger partial charge on any atom is -0.378 e. The molecule has 4 rings (SSSR count). The molecule has 0 bridgehead atoms. The van der Waals surface area contributed by atoms with Crippen LogP contribution in [0.4, 0.5) is 11.6 Å². The smallest absolute Gasteiger partial charge is 0.255 e. The Balaban J connectivity index is 1.17. The van der Waals surface area contributed by atoms with E-state index < -0.39 is 0 Å². The van der Waals surface area contributed by atoms with Crippen LogP contribution in [0.25, 0.3) is 0 Å². The molecule has 178 valence electrons. The lowest BCUT2D eigenvalue weighted by atomic mass is 10.1. The van der Waals surface area contributed by atoms with Gasteiger partial charge >= 0.3 is 0 Å². The normalized spacial score (nSPS) is 17.2. The number of nitrogens with one attached hydrogen (secondary N) is 2. The van der Waals surface area contributed by atoms with Crippen molar-refractivity contribution in [2.24, 2.45) is 0 Å². The number of amides is 1. The van der Waals surface area contributed by atoms with Crippen LogP contribution >= 0.6 is 0 Å². The Bertz CT molecular complexity index is 966. The van der Waals surface area contributed by atoms with Crippen LogP contribution in [0.3, 0.4) is 0 Å². The topological polar surface area (TPSA) is 93.8 Å². The molecule has 0 saturated carbocycles. The molecule has 2 saturated heterocycles. The van der Waals surface area contributed by atoms with Crippen LogP contribution in [-0.4, -0.2) is 86.3 Å². The number of rotatable bonds is 8. The summed E-state index contributed by atoms with van der Waals surface area (Å²) >= 11 is 0. The Kier molecular flexibility index (Phi) is 7.96. The summed E-state index contributed by atoms with van der Waals surface area (Å²) in [5, 5.41) is 3.00. The van der Waals surface area contributed by atoms with Gasteiger partial charge in [-0.3, -0.25) is 19.5 Å². The predicted octanol–water partition coefficient (Wildman–Crippen LogP) is 0.786. The van der Waals surface area contributed by atoms with Crippen LogP contribution in [0.1, 0.15) is 17.7 Å². The van der Waals surface area contributed by atoms with Crippen molar-refractivity contribution in [3.8, 4) is 0 Å². The third-order valence-corrected chi connectivity index (χ3v) is 6.37. The van der Waals surface area contributed by atoms with E-state index in [2.05, 4.69) is 49.4 Å². The summed E-state index contributed by atoms with van der Waals surface area (Å²) in [7, 11) is 0. The third kappa shape index (κ3) is 6.33. The average molecular weight is 455 g/mol. The summed E-state index contributed by atoms with van der Waals surface area (Å²) in [5.74, 6) is 0.551. The first-order chi connectivity index (χ1) is 16.1. The number of ether oxygens (including phenoxy) is 1. The van der Waals surface area contributed by atoms with E-state index in [9.17, 15) is 9.59 Å². The lowest BCUT2D eigenvalue weighted by Crippen LogP contribution is -2.48. The zero-order chi connectivity index (χ0) is 23.0. The van der Waals surface area contributed by atoms with E-state index in [1.165, 1.54) is 5.69 Å². The van der Waals surface area contributed by atoms with Crippen molar-refractivity contribution in [3.05, 3.63) is 51.9 Å². The predicted molar refractivity (Wildman–Crippen MR) is 129 cm³/mol. The van der Waals surface area contributed by atoms with Crippen molar-refractivity contribution in [2.75, 3.05) is 75.4 Å². The fourth-order valence-corrected chi connectivity index (χ4v) is 4.36. The molecule has 33 heavy (non-hydrogen) atoms. The van der Waals surface area contributed by atoms with E-state index in [4.69, 9.17) is 4.74 Å². The van der Waals surface area contributed by atoms with Gasteiger partial charge in [0.25, 0.3) is 5.56 Å². The number of piperazine rings is 1. The number of para-hydroxylation sites is 1. The first kappa shape index (κ1) is 23.3. The number of hydrogen-bond acceptors (Lipinski definition) is 7. The Morgan fingerprint density at radius 1 is 1.06 bits per heavy atom. The van der Waals surface area contributed by atoms with Gasteiger partial charge in [0.2, 0.25) is 11.9 Å². The first-order valence-electron chi connectivity index (χ1n) is 11.8. The summed E-state index contributed by atoms with van der Waals surface area (Å²) in [5.41, 5.74) is 2.37. The number of hydrogen-bond donors (Lipinski definition) is 2. The largest absolute Gasteiger partial charge is 0.378 e. The highest BCUT2D eigenvalue weighted by Crippen LogP contribution is 2.15. The summed E-state index contributed by atoms with van der Waals surface area (Å²) < 4.78 is 5.35. The van der Waals surface area contributed by atoms with Gasteiger partial charge < -0.3 is 19.9 Å². The minimum absolute atomic E-state index is 0.0334. The van der Waals surface area contributed by atoms with Crippen molar-refractivity contribution in [1.82, 2.24) is 20.2 Å². The maximum absolute atomic E-state index is 12.6. The summed E-state index contributed by atoms with van der Waals surface area (Å²) in [6.07, 6.45) is 0.670. The fourth-order valence-electron chi connectivity index (χ4n) is 4.36. The number of nitrogens with zero attached hydrogens (tertiary/aromatic N) is 4. The van der Waals surface area contributed by atoms with Crippen molar-refractivity contribution in [2.45, 2.75) is 19.8 Å². The van der Waals surface area contributed by atoms with Crippen LogP contribution in [0.15, 0.2) is 35.1 Å². The van der Waals surface area contributed by atoms with E-state index in [1.54, 1.807) is 0 Å². The number of H-pyrrole nitrogens is 1. The van der Waals surface area contributed by atoms with Gasteiger partial charge in [0.1, 0.15) is 0 Å². The quantitative estimate of drug-likeness (QED) is 0.609. The molecule has 2 N–H and O–H groups in total. The number of aryl methyl sites for hydroxylation is 1. The van der Waals surface area contributed by atoms with Crippen molar-refractivity contribution in [3.63, 3.8) is 0 Å². The summed E-state index contributed by atoms with van der Waals surface area (Å²) in [6, 6.07) is 10.5.